The lowest BCUT2D eigenvalue weighted by Crippen LogP contribution is -2.50. The molecule has 0 bridgehead atoms. The normalized spacial score (nSPS) is 14.6. The summed E-state index contributed by atoms with van der Waals surface area (Å²) in [7, 11) is -3.91. The zero-order chi connectivity index (χ0) is 23.3. The van der Waals surface area contributed by atoms with Crippen LogP contribution >= 0.6 is 0 Å². The predicted molar refractivity (Wildman–Crippen MR) is 125 cm³/mol. The van der Waals surface area contributed by atoms with Gasteiger partial charge in [-0.05, 0) is 56.5 Å². The number of hydrogen-bond donors (Lipinski definition) is 1. The number of nitrogens with one attached hydrogen (secondary N) is 1. The zero-order valence-corrected chi connectivity index (χ0v) is 20.2. The van der Waals surface area contributed by atoms with E-state index in [1.54, 1.807) is 18.7 Å². The fourth-order valence-electron chi connectivity index (χ4n) is 4.20. The lowest BCUT2D eigenvalue weighted by Gasteiger charge is -2.30. The lowest BCUT2D eigenvalue weighted by atomic mass is 10.1. The maximum atomic E-state index is 13.8. The molecule has 1 saturated heterocycles. The van der Waals surface area contributed by atoms with Gasteiger partial charge >= 0.3 is 0 Å². The van der Waals surface area contributed by atoms with Crippen molar-refractivity contribution in [1.82, 2.24) is 14.5 Å². The summed E-state index contributed by atoms with van der Waals surface area (Å²) < 4.78 is 34.5. The fraction of sp³-hybridized carbons (Fsp3) is 0.458. The third-order valence-electron chi connectivity index (χ3n) is 5.55. The van der Waals surface area contributed by atoms with Crippen molar-refractivity contribution in [2.24, 2.45) is 0 Å². The molecule has 0 aliphatic carbocycles. The summed E-state index contributed by atoms with van der Waals surface area (Å²) in [6, 6.07) is 11.1. The molecule has 1 heterocycles. The maximum absolute atomic E-state index is 13.8. The van der Waals surface area contributed by atoms with E-state index in [2.05, 4.69) is 5.32 Å². The Kier molecular flexibility index (Phi) is 7.92. The topological polar surface area (TPSA) is 79.0 Å². The van der Waals surface area contributed by atoms with E-state index in [1.165, 1.54) is 4.31 Å². The van der Waals surface area contributed by atoms with Crippen LogP contribution in [-0.4, -0.2) is 62.9 Å². The summed E-state index contributed by atoms with van der Waals surface area (Å²) in [5, 5.41) is 3.22. The molecule has 174 valence electrons. The SMILES string of the molecule is CCOc1cccc(CN(CC(=O)N2CCNCC2)S(=O)(=O)c2c(C)cc(C)cc2C)c1. The molecule has 0 saturated carbocycles. The van der Waals surface area contributed by atoms with Gasteiger partial charge in [0.25, 0.3) is 0 Å². The van der Waals surface area contributed by atoms with Gasteiger partial charge in [-0.15, -0.1) is 0 Å². The highest BCUT2D eigenvalue weighted by atomic mass is 32.2. The Morgan fingerprint density at radius 2 is 1.75 bits per heavy atom. The van der Waals surface area contributed by atoms with Gasteiger partial charge in [-0.25, -0.2) is 8.42 Å². The van der Waals surface area contributed by atoms with Crippen molar-refractivity contribution in [3.8, 4) is 5.75 Å². The molecule has 1 aliphatic rings. The second-order valence-corrected chi connectivity index (χ2v) is 10.1. The van der Waals surface area contributed by atoms with Gasteiger partial charge in [0.15, 0.2) is 0 Å². The van der Waals surface area contributed by atoms with Gasteiger partial charge < -0.3 is 15.0 Å². The third-order valence-corrected chi connectivity index (χ3v) is 7.65. The van der Waals surface area contributed by atoms with Gasteiger partial charge in [-0.2, -0.15) is 4.31 Å². The minimum atomic E-state index is -3.91. The minimum Gasteiger partial charge on any atom is -0.494 e. The van der Waals surface area contributed by atoms with Crippen molar-refractivity contribution < 1.29 is 17.9 Å². The molecule has 2 aromatic rings. The summed E-state index contributed by atoms with van der Waals surface area (Å²) in [5.41, 5.74) is 3.15. The number of amides is 1. The lowest BCUT2D eigenvalue weighted by molar-refractivity contribution is -0.132. The van der Waals surface area contributed by atoms with E-state index < -0.39 is 10.0 Å². The Bertz CT molecular complexity index is 1040. The molecular formula is C24H33N3O4S. The van der Waals surface area contributed by atoms with E-state index in [0.717, 1.165) is 11.1 Å². The molecule has 1 aliphatic heterocycles. The van der Waals surface area contributed by atoms with Crippen LogP contribution in [0.3, 0.4) is 0 Å². The van der Waals surface area contributed by atoms with Crippen molar-refractivity contribution in [2.75, 3.05) is 39.3 Å². The van der Waals surface area contributed by atoms with Gasteiger partial charge in [0, 0.05) is 32.7 Å². The van der Waals surface area contributed by atoms with Gasteiger partial charge in [0.2, 0.25) is 15.9 Å². The summed E-state index contributed by atoms with van der Waals surface area (Å²) in [4.78, 5) is 15.0. The number of sulfonamides is 1. The van der Waals surface area contributed by atoms with Crippen molar-refractivity contribution in [3.05, 3.63) is 58.7 Å². The van der Waals surface area contributed by atoms with Gasteiger partial charge in [0.1, 0.15) is 5.75 Å². The average molecular weight is 460 g/mol. The molecule has 2 aromatic carbocycles. The highest BCUT2D eigenvalue weighted by molar-refractivity contribution is 7.89. The number of carbonyl (C=O) groups is 1. The molecule has 1 fully saturated rings. The largest absolute Gasteiger partial charge is 0.494 e. The Balaban J connectivity index is 1.97. The van der Waals surface area contributed by atoms with E-state index in [4.69, 9.17) is 4.74 Å². The number of hydrogen-bond acceptors (Lipinski definition) is 5. The van der Waals surface area contributed by atoms with Crippen LogP contribution in [0.4, 0.5) is 0 Å². The molecule has 1 N–H and O–H groups in total. The number of rotatable bonds is 8. The third kappa shape index (κ3) is 5.68. The Morgan fingerprint density at radius 3 is 2.38 bits per heavy atom. The van der Waals surface area contributed by atoms with Gasteiger partial charge in [0.05, 0.1) is 18.0 Å². The summed E-state index contributed by atoms with van der Waals surface area (Å²) >= 11 is 0. The molecule has 32 heavy (non-hydrogen) atoms. The Morgan fingerprint density at radius 1 is 1.09 bits per heavy atom. The van der Waals surface area contributed by atoms with E-state index in [-0.39, 0.29) is 23.9 Å². The minimum absolute atomic E-state index is 0.0911. The second kappa shape index (κ2) is 10.5. The van der Waals surface area contributed by atoms with Crippen LogP contribution in [0.15, 0.2) is 41.3 Å². The first-order valence-corrected chi connectivity index (χ1v) is 12.4. The van der Waals surface area contributed by atoms with Crippen molar-refractivity contribution in [1.29, 1.82) is 0 Å². The molecule has 1 amide bonds. The van der Waals surface area contributed by atoms with Gasteiger partial charge in [-0.1, -0.05) is 29.8 Å². The molecular weight excluding hydrogens is 426 g/mol. The molecule has 0 aromatic heterocycles. The number of aryl methyl sites for hydroxylation is 3. The summed E-state index contributed by atoms with van der Waals surface area (Å²) in [5.74, 6) is 0.497. The summed E-state index contributed by atoms with van der Waals surface area (Å²) in [6.45, 7) is 10.5. The second-order valence-electron chi connectivity index (χ2n) is 8.21. The first-order chi connectivity index (χ1) is 15.2. The van der Waals surface area contributed by atoms with Crippen LogP contribution in [0.5, 0.6) is 5.75 Å². The van der Waals surface area contributed by atoms with Gasteiger partial charge in [-0.3, -0.25) is 4.79 Å². The molecule has 0 radical (unpaired) electrons. The maximum Gasteiger partial charge on any atom is 0.244 e. The molecule has 0 unspecified atom stereocenters. The van der Waals surface area contributed by atoms with E-state index in [0.29, 0.717) is 49.7 Å². The van der Waals surface area contributed by atoms with Crippen LogP contribution in [0.2, 0.25) is 0 Å². The Labute approximate surface area is 191 Å². The van der Waals surface area contributed by atoms with E-state index in [1.807, 2.05) is 50.2 Å². The monoisotopic (exact) mass is 459 g/mol. The van der Waals surface area contributed by atoms with Crippen LogP contribution in [-0.2, 0) is 21.4 Å². The average Bonchev–Trinajstić information content (AvgIpc) is 2.73. The van der Waals surface area contributed by atoms with Crippen molar-refractivity contribution in [2.45, 2.75) is 39.1 Å². The fourth-order valence-corrected chi connectivity index (χ4v) is 5.99. The van der Waals surface area contributed by atoms with E-state index in [9.17, 15) is 13.2 Å². The number of carbonyl (C=O) groups excluding carboxylic acids is 1. The van der Waals surface area contributed by atoms with Crippen molar-refractivity contribution in [3.63, 3.8) is 0 Å². The summed E-state index contributed by atoms with van der Waals surface area (Å²) in [6.07, 6.45) is 0. The molecule has 8 heteroatoms. The van der Waals surface area contributed by atoms with Crippen LogP contribution in [0.25, 0.3) is 0 Å². The highest BCUT2D eigenvalue weighted by Crippen LogP contribution is 2.27. The Hall–Kier alpha value is -2.42. The molecule has 0 atom stereocenters. The van der Waals surface area contributed by atoms with Crippen LogP contribution in [0.1, 0.15) is 29.2 Å². The quantitative estimate of drug-likeness (QED) is 0.657. The smallest absolute Gasteiger partial charge is 0.244 e. The number of piperazine rings is 1. The molecule has 0 spiro atoms. The number of ether oxygens (including phenoxy) is 1. The first kappa shape index (κ1) is 24.2. The zero-order valence-electron chi connectivity index (χ0n) is 19.3. The molecule has 7 nitrogen and oxygen atoms in total. The standard InChI is InChI=1S/C24H33N3O4S/c1-5-31-22-8-6-7-21(15-22)16-27(17-23(28)26-11-9-25-10-12-26)32(29,30)24-19(3)13-18(2)14-20(24)4/h6-8,13-15,25H,5,9-12,16-17H2,1-4H3. The van der Waals surface area contributed by atoms with Crippen LogP contribution < -0.4 is 10.1 Å². The molecule has 3 rings (SSSR count). The number of benzene rings is 2. The number of nitrogens with zero attached hydrogens (tertiary/aromatic N) is 2. The first-order valence-electron chi connectivity index (χ1n) is 11.0. The predicted octanol–water partition coefficient (Wildman–Crippen LogP) is 2.63. The van der Waals surface area contributed by atoms with E-state index >= 15 is 0 Å². The van der Waals surface area contributed by atoms with Crippen LogP contribution in [0, 0.1) is 20.8 Å². The van der Waals surface area contributed by atoms with Crippen molar-refractivity contribution >= 4 is 15.9 Å². The highest BCUT2D eigenvalue weighted by Gasteiger charge is 2.31.